The van der Waals surface area contributed by atoms with E-state index in [-0.39, 0.29) is 18.0 Å². The smallest absolute Gasteiger partial charge is 0.310 e. The monoisotopic (exact) mass is 398 g/mol. The summed E-state index contributed by atoms with van der Waals surface area (Å²) in [7, 11) is 0. The van der Waals surface area contributed by atoms with Crippen LogP contribution < -0.4 is 10.5 Å². The van der Waals surface area contributed by atoms with Crippen molar-refractivity contribution in [2.24, 2.45) is 0 Å². The average Bonchev–Trinajstić information content (AvgIpc) is 3.13. The van der Waals surface area contributed by atoms with E-state index in [0.29, 0.717) is 17.7 Å². The Labute approximate surface area is 164 Å². The molecule has 4 rings (SSSR count). The predicted octanol–water partition coefficient (Wildman–Crippen LogP) is 4.12. The molecule has 0 aliphatic carbocycles. The molecule has 3 aromatic rings. The number of alkyl halides is 3. The van der Waals surface area contributed by atoms with Crippen LogP contribution in [0.4, 0.5) is 18.9 Å². The summed E-state index contributed by atoms with van der Waals surface area (Å²) >= 11 is 0. The summed E-state index contributed by atoms with van der Waals surface area (Å²) in [6.07, 6.45) is -2.29. The summed E-state index contributed by atoms with van der Waals surface area (Å²) in [5, 5.41) is 0. The number of halogens is 3. The lowest BCUT2D eigenvalue weighted by molar-refractivity contribution is -0.137. The number of para-hydroxylation sites is 1. The third-order valence-corrected chi connectivity index (χ3v) is 4.97. The summed E-state index contributed by atoms with van der Waals surface area (Å²) in [4.78, 5) is 26.8. The molecule has 0 atom stereocenters. The van der Waals surface area contributed by atoms with Gasteiger partial charge >= 0.3 is 6.18 Å². The van der Waals surface area contributed by atoms with Crippen molar-refractivity contribution >= 4 is 11.6 Å². The number of nitrogens with zero attached hydrogens (tertiary/aromatic N) is 2. The van der Waals surface area contributed by atoms with Crippen molar-refractivity contribution in [3.8, 4) is 0 Å². The van der Waals surface area contributed by atoms with Gasteiger partial charge in [-0.05, 0) is 41.8 Å². The highest BCUT2D eigenvalue weighted by molar-refractivity contribution is 6.07. The summed E-state index contributed by atoms with van der Waals surface area (Å²) in [5.41, 5.74) is 1.40. The van der Waals surface area contributed by atoms with Crippen molar-refractivity contribution in [1.29, 1.82) is 0 Å². The van der Waals surface area contributed by atoms with Crippen molar-refractivity contribution in [3.05, 3.63) is 99.5 Å². The number of fused-ring (bicyclic) bond motifs is 1. The van der Waals surface area contributed by atoms with Gasteiger partial charge in [0.2, 0.25) is 0 Å². The number of anilines is 1. The number of pyridine rings is 1. The zero-order valence-electron chi connectivity index (χ0n) is 15.3. The van der Waals surface area contributed by atoms with Crippen LogP contribution in [0, 0.1) is 0 Å². The Morgan fingerprint density at radius 2 is 1.79 bits per heavy atom. The van der Waals surface area contributed by atoms with Gasteiger partial charge in [0.05, 0.1) is 17.7 Å². The molecule has 29 heavy (non-hydrogen) atoms. The minimum absolute atomic E-state index is 0.0551. The van der Waals surface area contributed by atoms with E-state index < -0.39 is 11.7 Å². The predicted molar refractivity (Wildman–Crippen MR) is 103 cm³/mol. The molecule has 7 heteroatoms. The van der Waals surface area contributed by atoms with E-state index in [2.05, 4.69) is 0 Å². The lowest BCUT2D eigenvalue weighted by Crippen LogP contribution is -2.30. The minimum atomic E-state index is -4.46. The zero-order valence-corrected chi connectivity index (χ0v) is 15.3. The van der Waals surface area contributed by atoms with E-state index in [9.17, 15) is 22.8 Å². The Kier molecular flexibility index (Phi) is 4.74. The normalized spacial score (nSPS) is 13.4. The maximum atomic E-state index is 13.0. The number of carbonyl (C=O) groups excluding carboxylic acids is 1. The molecule has 0 bridgehead atoms. The van der Waals surface area contributed by atoms with Gasteiger partial charge in [-0.15, -0.1) is 0 Å². The maximum absolute atomic E-state index is 13.0. The first kappa shape index (κ1) is 19.0. The van der Waals surface area contributed by atoms with Crippen LogP contribution in [0.3, 0.4) is 0 Å². The Balaban J connectivity index is 1.62. The second kappa shape index (κ2) is 7.24. The molecular weight excluding hydrogens is 381 g/mol. The van der Waals surface area contributed by atoms with Crippen LogP contribution in [-0.4, -0.2) is 17.0 Å². The molecule has 1 amide bonds. The van der Waals surface area contributed by atoms with Crippen molar-refractivity contribution in [3.63, 3.8) is 0 Å². The van der Waals surface area contributed by atoms with Gasteiger partial charge in [-0.3, -0.25) is 9.59 Å². The first-order valence-corrected chi connectivity index (χ1v) is 9.09. The fourth-order valence-electron chi connectivity index (χ4n) is 3.53. The number of aromatic nitrogens is 1. The van der Waals surface area contributed by atoms with Gasteiger partial charge in [-0.1, -0.05) is 30.3 Å². The second-order valence-corrected chi connectivity index (χ2v) is 6.92. The lowest BCUT2D eigenvalue weighted by atomic mass is 10.1. The van der Waals surface area contributed by atoms with E-state index >= 15 is 0 Å². The fourth-order valence-corrected chi connectivity index (χ4v) is 3.53. The van der Waals surface area contributed by atoms with Crippen LogP contribution in [0.15, 0.2) is 71.7 Å². The van der Waals surface area contributed by atoms with Gasteiger partial charge in [-0.2, -0.15) is 13.2 Å². The van der Waals surface area contributed by atoms with E-state index in [1.54, 1.807) is 4.90 Å². The van der Waals surface area contributed by atoms with Crippen molar-refractivity contribution in [2.75, 3.05) is 11.4 Å². The van der Waals surface area contributed by atoms with Crippen LogP contribution in [-0.2, 0) is 19.1 Å². The van der Waals surface area contributed by atoms with Gasteiger partial charge in [-0.25, -0.2) is 0 Å². The molecule has 0 spiro atoms. The Morgan fingerprint density at radius 3 is 2.59 bits per heavy atom. The number of hydrogen-bond donors (Lipinski definition) is 0. The summed E-state index contributed by atoms with van der Waals surface area (Å²) in [6.45, 7) is 0.491. The van der Waals surface area contributed by atoms with E-state index in [1.807, 2.05) is 24.3 Å². The van der Waals surface area contributed by atoms with Gasteiger partial charge in [0, 0.05) is 24.5 Å². The van der Waals surface area contributed by atoms with Crippen molar-refractivity contribution in [2.45, 2.75) is 19.1 Å². The standard InChI is InChI=1S/C22H17F3N2O2/c23-22(24,25)18-6-3-4-15(12-18)13-26-14-17(8-9-20(26)28)21(29)27-11-10-16-5-1-2-7-19(16)27/h1-9,12,14H,10-11,13H2. The minimum Gasteiger partial charge on any atom is -0.310 e. The average molecular weight is 398 g/mol. The topological polar surface area (TPSA) is 42.3 Å². The third-order valence-electron chi connectivity index (χ3n) is 4.97. The molecule has 0 fully saturated rings. The van der Waals surface area contributed by atoms with Crippen LogP contribution in [0.2, 0.25) is 0 Å². The molecule has 0 saturated heterocycles. The van der Waals surface area contributed by atoms with Gasteiger partial charge in [0.15, 0.2) is 0 Å². The summed E-state index contributed by atoms with van der Waals surface area (Å²) < 4.78 is 40.0. The third kappa shape index (κ3) is 3.81. The van der Waals surface area contributed by atoms with Crippen molar-refractivity contribution in [1.82, 2.24) is 4.57 Å². The van der Waals surface area contributed by atoms with Gasteiger partial charge in [0.1, 0.15) is 0 Å². The summed E-state index contributed by atoms with van der Waals surface area (Å²) in [5.74, 6) is -0.243. The molecule has 1 aliphatic heterocycles. The van der Waals surface area contributed by atoms with Crippen LogP contribution in [0.25, 0.3) is 0 Å². The first-order valence-electron chi connectivity index (χ1n) is 9.09. The number of amides is 1. The SMILES string of the molecule is O=C(c1ccc(=O)n(Cc2cccc(C(F)(F)F)c2)c1)N1CCc2ccccc21. The fraction of sp³-hybridized carbons (Fsp3) is 0.182. The summed E-state index contributed by atoms with van der Waals surface area (Å²) in [6, 6.07) is 15.2. The second-order valence-electron chi connectivity index (χ2n) is 6.92. The molecule has 0 saturated carbocycles. The zero-order chi connectivity index (χ0) is 20.6. The van der Waals surface area contributed by atoms with Gasteiger partial charge in [0.25, 0.3) is 11.5 Å². The molecule has 148 valence electrons. The van der Waals surface area contributed by atoms with E-state index in [0.717, 1.165) is 29.8 Å². The molecule has 4 nitrogen and oxygen atoms in total. The van der Waals surface area contributed by atoms with E-state index in [4.69, 9.17) is 0 Å². The highest BCUT2D eigenvalue weighted by Crippen LogP contribution is 2.30. The van der Waals surface area contributed by atoms with E-state index in [1.165, 1.54) is 35.0 Å². The Morgan fingerprint density at radius 1 is 1.00 bits per heavy atom. The molecule has 0 unspecified atom stereocenters. The molecule has 0 radical (unpaired) electrons. The highest BCUT2D eigenvalue weighted by Gasteiger charge is 2.30. The lowest BCUT2D eigenvalue weighted by Gasteiger charge is -2.18. The van der Waals surface area contributed by atoms with Gasteiger partial charge < -0.3 is 9.47 Å². The first-order chi connectivity index (χ1) is 13.8. The number of benzene rings is 2. The number of rotatable bonds is 3. The molecule has 1 aliphatic rings. The molecule has 2 heterocycles. The number of carbonyl (C=O) groups is 1. The molecule has 0 N–H and O–H groups in total. The highest BCUT2D eigenvalue weighted by atomic mass is 19.4. The largest absolute Gasteiger partial charge is 0.416 e. The van der Waals surface area contributed by atoms with Crippen LogP contribution >= 0.6 is 0 Å². The quantitative estimate of drug-likeness (QED) is 0.666. The maximum Gasteiger partial charge on any atom is 0.416 e. The number of hydrogen-bond acceptors (Lipinski definition) is 2. The van der Waals surface area contributed by atoms with Crippen LogP contribution in [0.5, 0.6) is 0 Å². The van der Waals surface area contributed by atoms with Crippen molar-refractivity contribution < 1.29 is 18.0 Å². The Hall–Kier alpha value is -3.35. The molecule has 2 aromatic carbocycles. The van der Waals surface area contributed by atoms with Crippen LogP contribution in [0.1, 0.15) is 27.0 Å². The Bertz CT molecular complexity index is 1140. The molecular formula is C22H17F3N2O2. The molecule has 1 aromatic heterocycles.